The van der Waals surface area contributed by atoms with Gasteiger partial charge in [0.2, 0.25) is 0 Å². The van der Waals surface area contributed by atoms with E-state index in [9.17, 15) is 4.79 Å². The van der Waals surface area contributed by atoms with E-state index in [1.54, 1.807) is 7.11 Å². The van der Waals surface area contributed by atoms with Crippen LogP contribution in [0.5, 0.6) is 0 Å². The summed E-state index contributed by atoms with van der Waals surface area (Å²) in [6.07, 6.45) is 4.37. The normalized spacial score (nSPS) is 21.4. The van der Waals surface area contributed by atoms with Crippen LogP contribution in [0.3, 0.4) is 0 Å². The van der Waals surface area contributed by atoms with Gasteiger partial charge in [-0.1, -0.05) is 31.0 Å². The lowest BCUT2D eigenvalue weighted by atomic mass is 9.92. The summed E-state index contributed by atoms with van der Waals surface area (Å²) in [5.74, 6) is 0. The molecule has 0 aromatic heterocycles. The lowest BCUT2D eigenvalue weighted by Gasteiger charge is -2.31. The Kier molecular flexibility index (Phi) is 6.68. The number of nitrogens with one attached hydrogen (secondary N) is 2. The Morgan fingerprint density at radius 1 is 1.27 bits per heavy atom. The number of hydrogen-bond donors (Lipinski definition) is 2. The largest absolute Gasteiger partial charge is 0.379 e. The number of hydrogen-bond acceptors (Lipinski definition) is 3. The molecule has 0 radical (unpaired) electrons. The molecule has 1 aliphatic rings. The van der Waals surface area contributed by atoms with Gasteiger partial charge in [0, 0.05) is 25.0 Å². The average Bonchev–Trinajstić information content (AvgIpc) is 2.54. The van der Waals surface area contributed by atoms with Gasteiger partial charge in [0.1, 0.15) is 0 Å². The number of anilines is 1. The molecule has 2 amide bonds. The first kappa shape index (κ1) is 16.8. The SMILES string of the molecule is CCOCc1ccccc1NC(=O)N[C@@H]1CCCC[C@H]1OC. The zero-order valence-corrected chi connectivity index (χ0v) is 13.4. The van der Waals surface area contributed by atoms with E-state index in [4.69, 9.17) is 9.47 Å². The first-order valence-electron chi connectivity index (χ1n) is 8.00. The minimum absolute atomic E-state index is 0.0813. The molecule has 2 N–H and O–H groups in total. The lowest BCUT2D eigenvalue weighted by Crippen LogP contribution is -2.47. The van der Waals surface area contributed by atoms with Crippen LogP contribution in [0, 0.1) is 0 Å². The highest BCUT2D eigenvalue weighted by molar-refractivity contribution is 5.90. The van der Waals surface area contributed by atoms with Crippen LogP contribution in [-0.2, 0) is 16.1 Å². The Hall–Kier alpha value is -1.59. The maximum absolute atomic E-state index is 12.2. The molecule has 0 spiro atoms. The molecule has 1 saturated carbocycles. The fourth-order valence-corrected chi connectivity index (χ4v) is 2.85. The molecule has 0 saturated heterocycles. The fraction of sp³-hybridized carbons (Fsp3) is 0.588. The van der Waals surface area contributed by atoms with Crippen molar-refractivity contribution in [2.24, 2.45) is 0 Å². The molecule has 1 aromatic carbocycles. The predicted octanol–water partition coefficient (Wildman–Crippen LogP) is 3.30. The smallest absolute Gasteiger partial charge is 0.319 e. The van der Waals surface area contributed by atoms with Gasteiger partial charge in [-0.15, -0.1) is 0 Å². The van der Waals surface area contributed by atoms with Gasteiger partial charge in [0.15, 0.2) is 0 Å². The van der Waals surface area contributed by atoms with E-state index in [1.165, 1.54) is 0 Å². The summed E-state index contributed by atoms with van der Waals surface area (Å²) in [5.41, 5.74) is 1.77. The van der Waals surface area contributed by atoms with Crippen molar-refractivity contribution in [1.29, 1.82) is 0 Å². The standard InChI is InChI=1S/C17H26N2O3/c1-3-22-12-13-8-4-5-9-14(13)18-17(20)19-15-10-6-7-11-16(15)21-2/h4-5,8-9,15-16H,3,6-7,10-12H2,1-2H3,(H2,18,19,20)/t15-,16-/m1/s1. The van der Waals surface area contributed by atoms with Gasteiger partial charge in [-0.25, -0.2) is 4.79 Å². The number of rotatable bonds is 6. The van der Waals surface area contributed by atoms with Crippen molar-refractivity contribution in [3.63, 3.8) is 0 Å². The third-order valence-corrected chi connectivity index (χ3v) is 4.05. The van der Waals surface area contributed by atoms with Crippen LogP contribution in [0.4, 0.5) is 10.5 Å². The number of urea groups is 1. The van der Waals surface area contributed by atoms with Gasteiger partial charge in [0.25, 0.3) is 0 Å². The predicted molar refractivity (Wildman–Crippen MR) is 87.0 cm³/mol. The Labute approximate surface area is 132 Å². The summed E-state index contributed by atoms with van der Waals surface area (Å²) >= 11 is 0. The molecular weight excluding hydrogens is 280 g/mol. The van der Waals surface area contributed by atoms with Crippen molar-refractivity contribution in [3.8, 4) is 0 Å². The van der Waals surface area contributed by atoms with Gasteiger partial charge >= 0.3 is 6.03 Å². The second kappa shape index (κ2) is 8.76. The van der Waals surface area contributed by atoms with Crippen LogP contribution in [0.25, 0.3) is 0 Å². The first-order chi connectivity index (χ1) is 10.7. The first-order valence-corrected chi connectivity index (χ1v) is 8.00. The summed E-state index contributed by atoms with van der Waals surface area (Å²) in [5, 5.41) is 5.96. The van der Waals surface area contributed by atoms with E-state index in [0.29, 0.717) is 13.2 Å². The molecular formula is C17H26N2O3. The Morgan fingerprint density at radius 3 is 2.82 bits per heavy atom. The molecule has 0 aliphatic heterocycles. The van der Waals surface area contributed by atoms with Crippen LogP contribution in [0.2, 0.25) is 0 Å². The number of benzene rings is 1. The maximum Gasteiger partial charge on any atom is 0.319 e. The molecule has 0 heterocycles. The Balaban J connectivity index is 1.94. The monoisotopic (exact) mass is 306 g/mol. The Bertz CT molecular complexity index is 479. The number of carbonyl (C=O) groups is 1. The fourth-order valence-electron chi connectivity index (χ4n) is 2.85. The number of carbonyl (C=O) groups excluding carboxylic acids is 1. The van der Waals surface area contributed by atoms with E-state index in [0.717, 1.165) is 36.9 Å². The molecule has 5 heteroatoms. The lowest BCUT2D eigenvalue weighted by molar-refractivity contribution is 0.0459. The molecule has 0 bridgehead atoms. The second-order valence-corrected chi connectivity index (χ2v) is 5.56. The van der Waals surface area contributed by atoms with Gasteiger partial charge in [-0.3, -0.25) is 0 Å². The van der Waals surface area contributed by atoms with Crippen molar-refractivity contribution in [2.45, 2.75) is 51.4 Å². The average molecular weight is 306 g/mol. The second-order valence-electron chi connectivity index (χ2n) is 5.56. The molecule has 1 fully saturated rings. The van der Waals surface area contributed by atoms with E-state index in [1.807, 2.05) is 31.2 Å². The highest BCUT2D eigenvalue weighted by Gasteiger charge is 2.26. The topological polar surface area (TPSA) is 59.6 Å². The minimum atomic E-state index is -0.183. The van der Waals surface area contributed by atoms with E-state index < -0.39 is 0 Å². The van der Waals surface area contributed by atoms with E-state index in [2.05, 4.69) is 10.6 Å². The highest BCUT2D eigenvalue weighted by Crippen LogP contribution is 2.21. The number of amides is 2. The summed E-state index contributed by atoms with van der Waals surface area (Å²) in [6, 6.07) is 7.60. The molecule has 0 unspecified atom stereocenters. The summed E-state index contributed by atoms with van der Waals surface area (Å²) in [7, 11) is 1.71. The summed E-state index contributed by atoms with van der Waals surface area (Å²) in [4.78, 5) is 12.2. The van der Waals surface area contributed by atoms with Gasteiger partial charge in [-0.05, 0) is 25.8 Å². The zero-order valence-electron chi connectivity index (χ0n) is 13.4. The minimum Gasteiger partial charge on any atom is -0.379 e. The third-order valence-electron chi connectivity index (χ3n) is 4.05. The maximum atomic E-state index is 12.2. The van der Waals surface area contributed by atoms with Gasteiger partial charge < -0.3 is 20.1 Å². The summed E-state index contributed by atoms with van der Waals surface area (Å²) in [6.45, 7) is 3.10. The van der Waals surface area contributed by atoms with Crippen LogP contribution in [-0.4, -0.2) is 31.9 Å². The molecule has 1 aromatic rings. The molecule has 2 atom stereocenters. The Morgan fingerprint density at radius 2 is 2.05 bits per heavy atom. The number of para-hydroxylation sites is 1. The quantitative estimate of drug-likeness (QED) is 0.847. The van der Waals surface area contributed by atoms with Crippen LogP contribution in [0.1, 0.15) is 38.2 Å². The van der Waals surface area contributed by atoms with Crippen LogP contribution in [0.15, 0.2) is 24.3 Å². The molecule has 22 heavy (non-hydrogen) atoms. The number of ether oxygens (including phenoxy) is 2. The van der Waals surface area contributed by atoms with Crippen molar-refractivity contribution < 1.29 is 14.3 Å². The van der Waals surface area contributed by atoms with E-state index in [-0.39, 0.29) is 18.2 Å². The van der Waals surface area contributed by atoms with Crippen molar-refractivity contribution in [1.82, 2.24) is 5.32 Å². The van der Waals surface area contributed by atoms with Gasteiger partial charge in [0.05, 0.1) is 18.8 Å². The molecule has 122 valence electrons. The van der Waals surface area contributed by atoms with Crippen molar-refractivity contribution in [3.05, 3.63) is 29.8 Å². The molecule has 5 nitrogen and oxygen atoms in total. The van der Waals surface area contributed by atoms with Crippen LogP contribution >= 0.6 is 0 Å². The van der Waals surface area contributed by atoms with Gasteiger partial charge in [-0.2, -0.15) is 0 Å². The zero-order chi connectivity index (χ0) is 15.8. The number of methoxy groups -OCH3 is 1. The molecule has 1 aliphatic carbocycles. The summed E-state index contributed by atoms with van der Waals surface area (Å²) < 4.78 is 10.9. The molecule has 2 rings (SSSR count). The third kappa shape index (κ3) is 4.71. The van der Waals surface area contributed by atoms with Crippen molar-refractivity contribution >= 4 is 11.7 Å². The van der Waals surface area contributed by atoms with Crippen molar-refractivity contribution in [2.75, 3.05) is 19.0 Å². The van der Waals surface area contributed by atoms with E-state index >= 15 is 0 Å². The highest BCUT2D eigenvalue weighted by atomic mass is 16.5. The van der Waals surface area contributed by atoms with Crippen LogP contribution < -0.4 is 10.6 Å².